The van der Waals surface area contributed by atoms with Crippen molar-refractivity contribution in [2.24, 2.45) is 0 Å². The quantitative estimate of drug-likeness (QED) is 0.770. The van der Waals surface area contributed by atoms with Gasteiger partial charge in [-0.2, -0.15) is 0 Å². The zero-order valence-corrected chi connectivity index (χ0v) is 9.48. The van der Waals surface area contributed by atoms with E-state index in [-0.39, 0.29) is 6.61 Å². The van der Waals surface area contributed by atoms with Gasteiger partial charge in [0.25, 0.3) is 0 Å². The number of ether oxygens (including phenoxy) is 2. The highest BCUT2D eigenvalue weighted by atomic mass is 16.7. The molecule has 0 saturated heterocycles. The second-order valence-corrected chi connectivity index (χ2v) is 3.89. The van der Waals surface area contributed by atoms with E-state index >= 15 is 0 Å². The first kappa shape index (κ1) is 11.1. The number of aliphatic hydroxyl groups is 1. The van der Waals surface area contributed by atoms with Gasteiger partial charge in [0.1, 0.15) is 0 Å². The highest BCUT2D eigenvalue weighted by Crippen LogP contribution is 2.35. The second kappa shape index (κ2) is 5.07. The van der Waals surface area contributed by atoms with Crippen molar-refractivity contribution in [2.45, 2.75) is 12.8 Å². The number of aliphatic hydroxyl groups excluding tert-OH is 1. The van der Waals surface area contributed by atoms with Crippen LogP contribution in [0.2, 0.25) is 0 Å². The maximum Gasteiger partial charge on any atom is 0.231 e. The molecule has 0 atom stereocenters. The number of hydrogen-bond acceptors (Lipinski definition) is 4. The van der Waals surface area contributed by atoms with E-state index in [1.807, 2.05) is 25.2 Å². The summed E-state index contributed by atoms with van der Waals surface area (Å²) in [4.78, 5) is 2.15. The van der Waals surface area contributed by atoms with Gasteiger partial charge in [0.15, 0.2) is 11.5 Å². The summed E-state index contributed by atoms with van der Waals surface area (Å²) in [5, 5.41) is 8.72. The number of hydrogen-bond donors (Lipinski definition) is 1. The number of nitrogens with zero attached hydrogens (tertiary/aromatic N) is 1. The molecular weight excluding hydrogens is 206 g/mol. The Morgan fingerprint density at radius 2 is 2.06 bits per heavy atom. The average Bonchev–Trinajstić information content (AvgIpc) is 2.76. The van der Waals surface area contributed by atoms with Gasteiger partial charge in [-0.15, -0.1) is 0 Å². The van der Waals surface area contributed by atoms with Crippen LogP contribution in [-0.4, -0.2) is 32.1 Å². The van der Waals surface area contributed by atoms with Crippen molar-refractivity contribution in [3.8, 4) is 11.5 Å². The lowest BCUT2D eigenvalue weighted by atomic mass is 10.2. The van der Waals surface area contributed by atoms with Crippen LogP contribution in [0.3, 0.4) is 0 Å². The number of unbranched alkanes of at least 4 members (excludes halogenated alkanes) is 1. The van der Waals surface area contributed by atoms with Gasteiger partial charge < -0.3 is 19.5 Å². The predicted molar refractivity (Wildman–Crippen MR) is 62.2 cm³/mol. The van der Waals surface area contributed by atoms with Gasteiger partial charge in [-0.25, -0.2) is 0 Å². The fraction of sp³-hybridized carbons (Fsp3) is 0.500. The third-order valence-electron chi connectivity index (χ3n) is 2.70. The zero-order valence-electron chi connectivity index (χ0n) is 9.48. The molecule has 0 aliphatic carbocycles. The van der Waals surface area contributed by atoms with Crippen LogP contribution in [0.1, 0.15) is 12.8 Å². The van der Waals surface area contributed by atoms with E-state index in [0.717, 1.165) is 36.6 Å². The van der Waals surface area contributed by atoms with Gasteiger partial charge in [0, 0.05) is 32.0 Å². The lowest BCUT2D eigenvalue weighted by molar-refractivity contribution is 0.174. The molecule has 4 heteroatoms. The molecule has 1 aromatic carbocycles. The Labute approximate surface area is 95.4 Å². The highest BCUT2D eigenvalue weighted by molar-refractivity contribution is 5.56. The maximum absolute atomic E-state index is 8.72. The molecular formula is C12H17NO3. The molecule has 1 heterocycles. The van der Waals surface area contributed by atoms with Gasteiger partial charge in [0.2, 0.25) is 6.79 Å². The van der Waals surface area contributed by atoms with E-state index in [2.05, 4.69) is 4.90 Å². The monoisotopic (exact) mass is 223 g/mol. The van der Waals surface area contributed by atoms with Crippen LogP contribution in [0.5, 0.6) is 11.5 Å². The smallest absolute Gasteiger partial charge is 0.231 e. The molecule has 4 nitrogen and oxygen atoms in total. The van der Waals surface area contributed by atoms with Gasteiger partial charge >= 0.3 is 0 Å². The largest absolute Gasteiger partial charge is 0.454 e. The normalized spacial score (nSPS) is 12.9. The van der Waals surface area contributed by atoms with Crippen LogP contribution >= 0.6 is 0 Å². The van der Waals surface area contributed by atoms with E-state index < -0.39 is 0 Å². The van der Waals surface area contributed by atoms with Gasteiger partial charge in [-0.05, 0) is 25.0 Å². The van der Waals surface area contributed by atoms with Gasteiger partial charge in [-0.3, -0.25) is 0 Å². The summed E-state index contributed by atoms with van der Waals surface area (Å²) in [6, 6.07) is 5.94. The minimum absolute atomic E-state index is 0.259. The van der Waals surface area contributed by atoms with Crippen LogP contribution in [0.4, 0.5) is 5.69 Å². The molecule has 0 unspecified atom stereocenters. The zero-order chi connectivity index (χ0) is 11.4. The van der Waals surface area contributed by atoms with E-state index in [9.17, 15) is 0 Å². The minimum atomic E-state index is 0.259. The third-order valence-corrected chi connectivity index (χ3v) is 2.70. The number of anilines is 1. The maximum atomic E-state index is 8.72. The SMILES string of the molecule is CN(CCCCO)c1ccc2c(c1)OCO2. The summed E-state index contributed by atoms with van der Waals surface area (Å²) in [5.41, 5.74) is 1.11. The molecule has 16 heavy (non-hydrogen) atoms. The Hall–Kier alpha value is -1.42. The third kappa shape index (κ3) is 2.39. The van der Waals surface area contributed by atoms with Crippen molar-refractivity contribution < 1.29 is 14.6 Å². The summed E-state index contributed by atoms with van der Waals surface area (Å²) < 4.78 is 10.6. The van der Waals surface area contributed by atoms with Crippen molar-refractivity contribution in [3.05, 3.63) is 18.2 Å². The van der Waals surface area contributed by atoms with Crippen LogP contribution in [0, 0.1) is 0 Å². The standard InChI is InChI=1S/C12H17NO3/c1-13(6-2-3-7-14)10-4-5-11-12(8-10)16-9-15-11/h4-5,8,14H,2-3,6-7,9H2,1H3. The first-order valence-electron chi connectivity index (χ1n) is 5.53. The molecule has 0 amide bonds. The van der Waals surface area contributed by atoms with E-state index in [4.69, 9.17) is 14.6 Å². The Bertz CT molecular complexity index is 354. The molecule has 88 valence electrons. The molecule has 0 radical (unpaired) electrons. The molecule has 0 saturated carbocycles. The van der Waals surface area contributed by atoms with E-state index in [0.29, 0.717) is 6.79 Å². The summed E-state index contributed by atoms with van der Waals surface area (Å²) >= 11 is 0. The van der Waals surface area contributed by atoms with Gasteiger partial charge in [-0.1, -0.05) is 0 Å². The molecule has 2 rings (SSSR count). The Morgan fingerprint density at radius 3 is 2.88 bits per heavy atom. The summed E-state index contributed by atoms with van der Waals surface area (Å²) in [6.45, 7) is 1.50. The fourth-order valence-corrected chi connectivity index (χ4v) is 1.71. The van der Waals surface area contributed by atoms with Crippen LogP contribution < -0.4 is 14.4 Å². The molecule has 1 aromatic rings. The molecule has 0 spiro atoms. The molecule has 0 aromatic heterocycles. The van der Waals surface area contributed by atoms with Gasteiger partial charge in [0.05, 0.1) is 0 Å². The van der Waals surface area contributed by atoms with Crippen molar-refractivity contribution in [2.75, 3.05) is 31.9 Å². The van der Waals surface area contributed by atoms with Crippen LogP contribution in [-0.2, 0) is 0 Å². The average molecular weight is 223 g/mol. The minimum Gasteiger partial charge on any atom is -0.454 e. The van der Waals surface area contributed by atoms with Crippen molar-refractivity contribution in [1.29, 1.82) is 0 Å². The number of benzene rings is 1. The molecule has 1 aliphatic heterocycles. The Morgan fingerprint density at radius 1 is 1.25 bits per heavy atom. The van der Waals surface area contributed by atoms with E-state index in [1.54, 1.807) is 0 Å². The Kier molecular flexibility index (Phi) is 3.51. The van der Waals surface area contributed by atoms with Crippen molar-refractivity contribution >= 4 is 5.69 Å². The summed E-state index contributed by atoms with van der Waals surface area (Å²) in [7, 11) is 2.04. The lowest BCUT2D eigenvalue weighted by Crippen LogP contribution is -2.18. The Balaban J connectivity index is 1.98. The molecule has 0 fully saturated rings. The van der Waals surface area contributed by atoms with Crippen molar-refractivity contribution in [3.63, 3.8) is 0 Å². The highest BCUT2D eigenvalue weighted by Gasteiger charge is 2.14. The number of fused-ring (bicyclic) bond motifs is 1. The number of rotatable bonds is 5. The molecule has 1 N–H and O–H groups in total. The summed E-state index contributed by atoms with van der Waals surface area (Å²) in [5.74, 6) is 1.62. The van der Waals surface area contributed by atoms with Crippen LogP contribution in [0.15, 0.2) is 18.2 Å². The molecule has 1 aliphatic rings. The lowest BCUT2D eigenvalue weighted by Gasteiger charge is -2.19. The predicted octanol–water partition coefficient (Wildman–Crippen LogP) is 1.62. The first-order valence-corrected chi connectivity index (χ1v) is 5.53. The topological polar surface area (TPSA) is 41.9 Å². The summed E-state index contributed by atoms with van der Waals surface area (Å²) in [6.07, 6.45) is 1.83. The van der Waals surface area contributed by atoms with E-state index in [1.165, 1.54) is 0 Å². The second-order valence-electron chi connectivity index (χ2n) is 3.89. The first-order chi connectivity index (χ1) is 7.81. The van der Waals surface area contributed by atoms with Crippen LogP contribution in [0.25, 0.3) is 0 Å². The van der Waals surface area contributed by atoms with Crippen molar-refractivity contribution in [1.82, 2.24) is 0 Å². The fourth-order valence-electron chi connectivity index (χ4n) is 1.71. The molecule has 0 bridgehead atoms.